The Balaban J connectivity index is 2.32. The quantitative estimate of drug-likeness (QED) is 0.891. The maximum atomic E-state index is 9.02. The summed E-state index contributed by atoms with van der Waals surface area (Å²) in [7, 11) is 0. The molecule has 1 aromatic heterocycles. The Hall–Kier alpha value is -2.35. The smallest absolute Gasteiger partial charge is 0.207 e. The zero-order valence-corrected chi connectivity index (χ0v) is 10.5. The van der Waals surface area contributed by atoms with Crippen LogP contribution in [0.5, 0.6) is 0 Å². The van der Waals surface area contributed by atoms with Crippen LogP contribution in [0.1, 0.15) is 24.6 Å². The van der Waals surface area contributed by atoms with E-state index < -0.39 is 0 Å². The minimum absolute atomic E-state index is 0.323. The summed E-state index contributed by atoms with van der Waals surface area (Å²) >= 11 is 0. The summed E-state index contributed by atoms with van der Waals surface area (Å²) in [5.74, 6) is 0.542. The fraction of sp³-hybridized carbons (Fsp3) is 0.308. The summed E-state index contributed by atoms with van der Waals surface area (Å²) in [6.45, 7) is 4.86. The molecule has 0 unspecified atom stereocenters. The largest absolute Gasteiger partial charge is 0.366 e. The van der Waals surface area contributed by atoms with Crippen molar-refractivity contribution in [2.75, 3.05) is 11.9 Å². The van der Waals surface area contributed by atoms with Crippen LogP contribution >= 0.6 is 0 Å². The predicted octanol–water partition coefficient (Wildman–Crippen LogP) is 2.27. The average Bonchev–Trinajstić information content (AvgIpc) is 2.80. The number of hydrogen-bond donors (Lipinski definition) is 1. The molecular weight excluding hydrogens is 226 g/mol. The lowest BCUT2D eigenvalue weighted by Gasteiger charge is -2.00. The van der Waals surface area contributed by atoms with Crippen LogP contribution in [0.15, 0.2) is 24.3 Å². The zero-order valence-electron chi connectivity index (χ0n) is 10.5. The van der Waals surface area contributed by atoms with Gasteiger partial charge in [0, 0.05) is 6.54 Å². The van der Waals surface area contributed by atoms with Gasteiger partial charge in [-0.3, -0.25) is 0 Å². The van der Waals surface area contributed by atoms with Gasteiger partial charge in [0.15, 0.2) is 5.82 Å². The summed E-state index contributed by atoms with van der Waals surface area (Å²) in [6.07, 6.45) is 0.974. The molecule has 5 nitrogen and oxygen atoms in total. The number of hydrogen-bond acceptors (Lipinski definition) is 4. The first-order valence-corrected chi connectivity index (χ1v) is 5.93. The van der Waals surface area contributed by atoms with Crippen molar-refractivity contribution in [1.82, 2.24) is 15.0 Å². The third-order valence-corrected chi connectivity index (χ3v) is 2.53. The number of nitrogens with zero attached hydrogens (tertiary/aromatic N) is 4. The van der Waals surface area contributed by atoms with Crippen LogP contribution in [0.25, 0.3) is 5.69 Å². The second kappa shape index (κ2) is 5.32. The number of anilines is 1. The van der Waals surface area contributed by atoms with Crippen LogP contribution in [0.4, 0.5) is 5.82 Å². The van der Waals surface area contributed by atoms with E-state index in [-0.39, 0.29) is 0 Å². The van der Waals surface area contributed by atoms with Crippen LogP contribution in [0, 0.1) is 18.3 Å². The lowest BCUT2D eigenvalue weighted by atomic mass is 10.2. The standard InChI is InChI=1S/C13H15N5/c1-3-8-15-13-12(9-14)16-18(17-13)11-6-4-10(2)5-7-11/h4-7H,3,8H2,1-2H3,(H,15,17). The van der Waals surface area contributed by atoms with Gasteiger partial charge in [0.1, 0.15) is 6.07 Å². The SMILES string of the molecule is CCCNc1nn(-c2ccc(C)cc2)nc1C#N. The van der Waals surface area contributed by atoms with Crippen molar-refractivity contribution in [2.45, 2.75) is 20.3 Å². The first-order chi connectivity index (χ1) is 8.74. The third kappa shape index (κ3) is 2.48. The Kier molecular flexibility index (Phi) is 3.58. The average molecular weight is 241 g/mol. The number of nitrogens with one attached hydrogen (secondary N) is 1. The van der Waals surface area contributed by atoms with Gasteiger partial charge in [-0.25, -0.2) is 0 Å². The first-order valence-electron chi connectivity index (χ1n) is 5.93. The Morgan fingerprint density at radius 1 is 1.28 bits per heavy atom. The van der Waals surface area contributed by atoms with Crippen LogP contribution in [0.2, 0.25) is 0 Å². The normalized spacial score (nSPS) is 10.1. The molecular formula is C13H15N5. The molecule has 1 heterocycles. The van der Waals surface area contributed by atoms with E-state index in [0.29, 0.717) is 11.5 Å². The second-order valence-electron chi connectivity index (χ2n) is 4.06. The molecule has 2 rings (SSSR count). The zero-order chi connectivity index (χ0) is 13.0. The van der Waals surface area contributed by atoms with Crippen molar-refractivity contribution in [2.24, 2.45) is 0 Å². The molecule has 0 saturated carbocycles. The van der Waals surface area contributed by atoms with Crippen molar-refractivity contribution in [3.8, 4) is 11.8 Å². The fourth-order valence-corrected chi connectivity index (χ4v) is 1.54. The Bertz CT molecular complexity index is 562. The summed E-state index contributed by atoms with van der Waals surface area (Å²) < 4.78 is 0. The van der Waals surface area contributed by atoms with Crippen LogP contribution < -0.4 is 5.32 Å². The van der Waals surface area contributed by atoms with Gasteiger partial charge < -0.3 is 5.32 Å². The van der Waals surface area contributed by atoms with Gasteiger partial charge in [-0.05, 0) is 25.5 Å². The molecule has 0 aliphatic carbocycles. The highest BCUT2D eigenvalue weighted by Crippen LogP contribution is 2.13. The van der Waals surface area contributed by atoms with Crippen LogP contribution in [-0.2, 0) is 0 Å². The van der Waals surface area contributed by atoms with Gasteiger partial charge in [-0.1, -0.05) is 24.6 Å². The molecule has 1 N–H and O–H groups in total. The molecule has 18 heavy (non-hydrogen) atoms. The van der Waals surface area contributed by atoms with Crippen molar-refractivity contribution in [1.29, 1.82) is 5.26 Å². The van der Waals surface area contributed by atoms with Crippen molar-refractivity contribution >= 4 is 5.82 Å². The van der Waals surface area contributed by atoms with E-state index in [1.54, 1.807) is 0 Å². The molecule has 0 spiro atoms. The Morgan fingerprint density at radius 2 is 2.00 bits per heavy atom. The molecule has 0 atom stereocenters. The molecule has 0 amide bonds. The number of rotatable bonds is 4. The topological polar surface area (TPSA) is 66.5 Å². The molecule has 0 fully saturated rings. The van der Waals surface area contributed by atoms with E-state index in [1.807, 2.05) is 37.3 Å². The van der Waals surface area contributed by atoms with E-state index in [4.69, 9.17) is 5.26 Å². The number of aryl methyl sites for hydroxylation is 1. The molecule has 1 aromatic carbocycles. The number of nitriles is 1. The molecule has 2 aromatic rings. The van der Waals surface area contributed by atoms with Gasteiger partial charge in [0.05, 0.1) is 5.69 Å². The molecule has 5 heteroatoms. The minimum atomic E-state index is 0.323. The van der Waals surface area contributed by atoms with E-state index in [1.165, 1.54) is 10.4 Å². The molecule has 92 valence electrons. The van der Waals surface area contributed by atoms with Gasteiger partial charge >= 0.3 is 0 Å². The van der Waals surface area contributed by atoms with Gasteiger partial charge in [-0.15, -0.1) is 15.0 Å². The Morgan fingerprint density at radius 3 is 2.61 bits per heavy atom. The van der Waals surface area contributed by atoms with Gasteiger partial charge in [0.25, 0.3) is 0 Å². The van der Waals surface area contributed by atoms with E-state index in [0.717, 1.165) is 18.7 Å². The second-order valence-corrected chi connectivity index (χ2v) is 4.06. The Labute approximate surface area is 106 Å². The number of benzene rings is 1. The van der Waals surface area contributed by atoms with E-state index in [9.17, 15) is 0 Å². The van der Waals surface area contributed by atoms with Crippen molar-refractivity contribution in [3.63, 3.8) is 0 Å². The molecule has 0 saturated heterocycles. The maximum absolute atomic E-state index is 9.02. The third-order valence-electron chi connectivity index (χ3n) is 2.53. The molecule has 0 bridgehead atoms. The monoisotopic (exact) mass is 241 g/mol. The molecule has 0 aliphatic heterocycles. The van der Waals surface area contributed by atoms with Crippen molar-refractivity contribution < 1.29 is 0 Å². The summed E-state index contributed by atoms with van der Waals surface area (Å²) in [5, 5.41) is 20.6. The van der Waals surface area contributed by atoms with Crippen LogP contribution in [0.3, 0.4) is 0 Å². The lowest BCUT2D eigenvalue weighted by molar-refractivity contribution is 0.749. The highest BCUT2D eigenvalue weighted by molar-refractivity contribution is 5.47. The summed E-state index contributed by atoms with van der Waals surface area (Å²) in [6, 6.07) is 9.89. The summed E-state index contributed by atoms with van der Waals surface area (Å²) in [4.78, 5) is 1.48. The van der Waals surface area contributed by atoms with E-state index in [2.05, 4.69) is 22.4 Å². The highest BCUT2D eigenvalue weighted by Gasteiger charge is 2.10. The van der Waals surface area contributed by atoms with E-state index >= 15 is 0 Å². The van der Waals surface area contributed by atoms with Crippen molar-refractivity contribution in [3.05, 3.63) is 35.5 Å². The molecule has 0 radical (unpaired) electrons. The predicted molar refractivity (Wildman–Crippen MR) is 69.6 cm³/mol. The van der Waals surface area contributed by atoms with Gasteiger partial charge in [0.2, 0.25) is 5.69 Å². The summed E-state index contributed by atoms with van der Waals surface area (Å²) in [5.41, 5.74) is 2.35. The minimum Gasteiger partial charge on any atom is -0.366 e. The fourth-order valence-electron chi connectivity index (χ4n) is 1.54. The molecule has 0 aliphatic rings. The maximum Gasteiger partial charge on any atom is 0.207 e. The first kappa shape index (κ1) is 12.1. The highest BCUT2D eigenvalue weighted by atomic mass is 15.5. The number of aromatic nitrogens is 3. The van der Waals surface area contributed by atoms with Gasteiger partial charge in [-0.2, -0.15) is 5.26 Å². The van der Waals surface area contributed by atoms with Crippen LogP contribution in [-0.4, -0.2) is 21.5 Å². The lowest BCUT2D eigenvalue weighted by Crippen LogP contribution is -2.03.